The molecule has 30 heavy (non-hydrogen) atoms. The number of H-pyrrole nitrogens is 2. The molecule has 0 atom stereocenters. The summed E-state index contributed by atoms with van der Waals surface area (Å²) in [6, 6.07) is 11.9. The maximum absolute atomic E-state index is 9.80. The lowest BCUT2D eigenvalue weighted by atomic mass is 9.97. The number of benzene rings is 2. The van der Waals surface area contributed by atoms with Gasteiger partial charge in [0.05, 0.1) is 16.9 Å². The normalized spacial score (nSPS) is 14.3. The van der Waals surface area contributed by atoms with Crippen LogP contribution < -0.4 is 0 Å². The highest BCUT2D eigenvalue weighted by atomic mass is 16.3. The molecule has 153 valence electrons. The maximum Gasteiger partial charge on any atom is 0.159 e. The fourth-order valence-electron chi connectivity index (χ4n) is 4.32. The largest absolute Gasteiger partial charge is 0.508 e. The monoisotopic (exact) mass is 400 g/mol. The van der Waals surface area contributed by atoms with Crippen LogP contribution in [0.1, 0.15) is 37.2 Å². The van der Waals surface area contributed by atoms with Crippen molar-refractivity contribution in [2.24, 2.45) is 0 Å². The van der Waals surface area contributed by atoms with Gasteiger partial charge < -0.3 is 10.1 Å². The Morgan fingerprint density at radius 1 is 1.13 bits per heavy atom. The number of hydrogen-bond donors (Lipinski definition) is 3. The number of nitrogens with zero attached hydrogens (tertiary/aromatic N) is 3. The van der Waals surface area contributed by atoms with Gasteiger partial charge in [-0.25, -0.2) is 4.98 Å². The summed E-state index contributed by atoms with van der Waals surface area (Å²) in [6.07, 6.45) is 2.86. The first-order valence-corrected chi connectivity index (χ1v) is 10.6. The first-order valence-electron chi connectivity index (χ1n) is 10.6. The molecule has 0 unspecified atom stereocenters. The maximum atomic E-state index is 9.80. The first-order chi connectivity index (χ1) is 14.7. The fraction of sp³-hybridized carbons (Fsp3) is 0.292. The quantitative estimate of drug-likeness (QED) is 0.449. The Bertz CT molecular complexity index is 1210. The Balaban J connectivity index is 1.50. The fourth-order valence-corrected chi connectivity index (χ4v) is 4.32. The number of imidazole rings is 1. The molecule has 0 fully saturated rings. The van der Waals surface area contributed by atoms with E-state index >= 15 is 0 Å². The lowest BCUT2D eigenvalue weighted by molar-refractivity contribution is 0.303. The average Bonchev–Trinajstić information content (AvgIpc) is 3.36. The smallest absolute Gasteiger partial charge is 0.159 e. The van der Waals surface area contributed by atoms with E-state index < -0.39 is 0 Å². The van der Waals surface area contributed by atoms with Crippen LogP contribution in [0.3, 0.4) is 0 Å². The van der Waals surface area contributed by atoms with E-state index in [0.29, 0.717) is 5.75 Å². The average molecular weight is 401 g/mol. The van der Waals surface area contributed by atoms with Crippen LogP contribution in [-0.4, -0.2) is 36.7 Å². The van der Waals surface area contributed by atoms with Gasteiger partial charge in [-0.05, 0) is 60.3 Å². The van der Waals surface area contributed by atoms with E-state index in [-0.39, 0.29) is 0 Å². The third-order valence-corrected chi connectivity index (χ3v) is 5.85. The van der Waals surface area contributed by atoms with E-state index in [1.807, 2.05) is 12.1 Å². The van der Waals surface area contributed by atoms with Crippen molar-refractivity contribution >= 4 is 10.9 Å². The van der Waals surface area contributed by atoms with Gasteiger partial charge in [-0.3, -0.25) is 10.00 Å². The molecule has 6 heteroatoms. The second-order valence-electron chi connectivity index (χ2n) is 7.90. The van der Waals surface area contributed by atoms with Crippen molar-refractivity contribution in [2.45, 2.75) is 39.7 Å². The van der Waals surface area contributed by atoms with Crippen molar-refractivity contribution in [3.8, 4) is 28.4 Å². The van der Waals surface area contributed by atoms with Crippen LogP contribution in [-0.2, 0) is 19.4 Å². The summed E-state index contributed by atoms with van der Waals surface area (Å²) in [4.78, 5) is 10.7. The minimum Gasteiger partial charge on any atom is -0.508 e. The molecule has 2 aromatic heterocycles. The highest BCUT2D eigenvalue weighted by Crippen LogP contribution is 2.33. The number of hydrogen-bond acceptors (Lipinski definition) is 4. The van der Waals surface area contributed by atoms with Gasteiger partial charge in [0.1, 0.15) is 11.4 Å². The van der Waals surface area contributed by atoms with Crippen molar-refractivity contribution in [1.29, 1.82) is 0 Å². The number of aromatic amines is 2. The lowest BCUT2D eigenvalue weighted by Crippen LogP contribution is -2.27. The molecule has 0 saturated heterocycles. The second-order valence-corrected chi connectivity index (χ2v) is 7.90. The van der Waals surface area contributed by atoms with Crippen LogP contribution in [0.25, 0.3) is 33.5 Å². The number of fused-ring (bicyclic) bond motifs is 2. The van der Waals surface area contributed by atoms with E-state index in [9.17, 15) is 5.11 Å². The summed E-state index contributed by atoms with van der Waals surface area (Å²) >= 11 is 0. The highest BCUT2D eigenvalue weighted by Gasteiger charge is 2.22. The SMILES string of the molecule is CCCN1[CH]Cc2nc(-c3n[nH]c4cc(-c5ccc(O)cc5CC)ccc34)[nH]c2C1. The van der Waals surface area contributed by atoms with E-state index in [4.69, 9.17) is 4.98 Å². The van der Waals surface area contributed by atoms with Crippen molar-refractivity contribution in [2.75, 3.05) is 6.54 Å². The van der Waals surface area contributed by atoms with Crippen molar-refractivity contribution in [1.82, 2.24) is 25.1 Å². The third kappa shape index (κ3) is 3.27. The number of aromatic hydroxyl groups is 1. The zero-order valence-electron chi connectivity index (χ0n) is 17.4. The molecule has 0 saturated carbocycles. The van der Waals surface area contributed by atoms with Crippen LogP contribution in [0, 0.1) is 6.54 Å². The molecule has 1 aliphatic rings. The molecule has 1 aliphatic heterocycles. The van der Waals surface area contributed by atoms with Gasteiger partial charge in [-0.15, -0.1) is 0 Å². The number of aryl methyl sites for hydroxylation is 1. The number of aromatic nitrogens is 4. The number of nitrogens with one attached hydrogen (secondary N) is 2. The van der Waals surface area contributed by atoms with Crippen molar-refractivity contribution < 1.29 is 5.11 Å². The summed E-state index contributed by atoms with van der Waals surface area (Å²) in [6.45, 7) is 8.49. The molecule has 4 aromatic rings. The summed E-state index contributed by atoms with van der Waals surface area (Å²) in [7, 11) is 0. The Kier molecular flexibility index (Phi) is 4.79. The Hall–Kier alpha value is -3.12. The van der Waals surface area contributed by atoms with Crippen LogP contribution in [0.15, 0.2) is 36.4 Å². The minimum absolute atomic E-state index is 0.303. The molecule has 2 aromatic carbocycles. The van der Waals surface area contributed by atoms with Crippen LogP contribution in [0.2, 0.25) is 0 Å². The van der Waals surface area contributed by atoms with Gasteiger partial charge >= 0.3 is 0 Å². The number of phenols is 1. The number of phenolic OH excluding ortho intramolecular Hbond substituents is 1. The zero-order valence-corrected chi connectivity index (χ0v) is 17.4. The predicted octanol–water partition coefficient (Wildman–Crippen LogP) is 4.82. The molecule has 0 amide bonds. The molecule has 3 heterocycles. The van der Waals surface area contributed by atoms with Gasteiger partial charge in [0.2, 0.25) is 0 Å². The molecule has 1 radical (unpaired) electrons. The summed E-state index contributed by atoms with van der Waals surface area (Å²) in [5.74, 6) is 1.13. The molecular formula is C24H26N5O. The topological polar surface area (TPSA) is 80.8 Å². The van der Waals surface area contributed by atoms with E-state index in [1.54, 1.807) is 6.07 Å². The summed E-state index contributed by atoms with van der Waals surface area (Å²) in [5.41, 5.74) is 7.50. The molecule has 0 spiro atoms. The highest BCUT2D eigenvalue weighted by molar-refractivity contribution is 5.94. The summed E-state index contributed by atoms with van der Waals surface area (Å²) < 4.78 is 0. The minimum atomic E-state index is 0.303. The molecular weight excluding hydrogens is 374 g/mol. The lowest BCUT2D eigenvalue weighted by Gasteiger charge is -2.24. The first kappa shape index (κ1) is 18.9. The van der Waals surface area contributed by atoms with Gasteiger partial charge in [0.25, 0.3) is 0 Å². The van der Waals surface area contributed by atoms with Gasteiger partial charge in [0, 0.05) is 24.9 Å². The van der Waals surface area contributed by atoms with Crippen LogP contribution in [0.5, 0.6) is 5.75 Å². The standard InChI is InChI=1S/C24H26N5O/c1-3-10-29-11-9-20-22(14-29)26-24(25-20)23-19-7-5-16(13-21(19)27-28-23)18-8-6-17(30)12-15(18)4-2/h5-8,11-13,30H,3-4,9-10,14H2,1-2H3,(H,25,26)(H,27,28). The number of rotatable bonds is 5. The van der Waals surface area contributed by atoms with E-state index in [2.05, 4.69) is 58.7 Å². The Morgan fingerprint density at radius 3 is 2.87 bits per heavy atom. The van der Waals surface area contributed by atoms with Crippen LogP contribution >= 0.6 is 0 Å². The van der Waals surface area contributed by atoms with Crippen LogP contribution in [0.4, 0.5) is 0 Å². The van der Waals surface area contributed by atoms with E-state index in [1.165, 1.54) is 5.69 Å². The molecule has 0 bridgehead atoms. The van der Waals surface area contributed by atoms with E-state index in [0.717, 1.165) is 77.2 Å². The van der Waals surface area contributed by atoms with Gasteiger partial charge in [-0.1, -0.05) is 26.0 Å². The molecule has 5 rings (SSSR count). The second kappa shape index (κ2) is 7.61. The van der Waals surface area contributed by atoms with Crippen molar-refractivity contribution in [3.05, 3.63) is 59.9 Å². The predicted molar refractivity (Wildman–Crippen MR) is 119 cm³/mol. The van der Waals surface area contributed by atoms with Gasteiger partial charge in [-0.2, -0.15) is 5.10 Å². The Morgan fingerprint density at radius 2 is 2.03 bits per heavy atom. The molecule has 0 aliphatic carbocycles. The zero-order chi connectivity index (χ0) is 20.7. The van der Waals surface area contributed by atoms with Crippen molar-refractivity contribution in [3.63, 3.8) is 0 Å². The third-order valence-electron chi connectivity index (χ3n) is 5.85. The molecule has 6 nitrogen and oxygen atoms in total. The molecule has 3 N–H and O–H groups in total. The van der Waals surface area contributed by atoms with Gasteiger partial charge in [0.15, 0.2) is 5.82 Å². The summed E-state index contributed by atoms with van der Waals surface area (Å²) in [5, 5.41) is 18.6. The Labute approximate surface area is 176 Å².